The Morgan fingerprint density at radius 1 is 1.29 bits per heavy atom. The van der Waals surface area contributed by atoms with Gasteiger partial charge in [0, 0.05) is 0 Å². The van der Waals surface area contributed by atoms with E-state index >= 15 is 0 Å². The summed E-state index contributed by atoms with van der Waals surface area (Å²) in [7, 11) is 0. The largest absolute Gasteiger partial charge is 0.296 e. The predicted octanol–water partition coefficient (Wildman–Crippen LogP) is 3.93. The Morgan fingerprint density at radius 2 is 1.94 bits per heavy atom. The molecule has 0 saturated carbocycles. The van der Waals surface area contributed by atoms with Crippen LogP contribution in [0.2, 0.25) is 0 Å². The highest BCUT2D eigenvalue weighted by Gasteiger charge is 2.11. The lowest BCUT2D eigenvalue weighted by molar-refractivity contribution is 0.625. The number of H-pyrrole nitrogens is 1. The number of nitrogens with zero attached hydrogens (tertiary/aromatic N) is 1. The standard InChI is InChI=1S/C14H17FN2/c1-4-13-14(9-10(2)3)17(16-13)12-7-5-11(15)6-8-12/h5-9,16H,4H2,1-3H3. The molecule has 2 rings (SSSR count). The van der Waals surface area contributed by atoms with Crippen molar-refractivity contribution < 1.29 is 4.39 Å². The smallest absolute Gasteiger partial charge is 0.123 e. The fraction of sp³-hybridized carbons (Fsp3) is 0.286. The fourth-order valence-electron chi connectivity index (χ4n) is 1.81. The maximum atomic E-state index is 12.9. The Labute approximate surface area is 101 Å². The highest BCUT2D eigenvalue weighted by atomic mass is 19.1. The van der Waals surface area contributed by atoms with E-state index in [2.05, 4.69) is 31.9 Å². The van der Waals surface area contributed by atoms with Gasteiger partial charge in [-0.1, -0.05) is 12.5 Å². The molecule has 0 unspecified atom stereocenters. The summed E-state index contributed by atoms with van der Waals surface area (Å²) in [6.07, 6.45) is 3.11. The van der Waals surface area contributed by atoms with E-state index in [1.165, 1.54) is 29.1 Å². The van der Waals surface area contributed by atoms with Crippen LogP contribution in [-0.2, 0) is 6.42 Å². The first-order chi connectivity index (χ1) is 8.11. The lowest BCUT2D eigenvalue weighted by Gasteiger charge is -2.21. The molecule has 1 aromatic heterocycles. The van der Waals surface area contributed by atoms with Crippen molar-refractivity contribution in [3.8, 4) is 5.69 Å². The van der Waals surface area contributed by atoms with Crippen molar-refractivity contribution >= 4 is 6.08 Å². The number of rotatable bonds is 3. The summed E-state index contributed by atoms with van der Waals surface area (Å²) in [4.78, 5) is 0. The van der Waals surface area contributed by atoms with Crippen molar-refractivity contribution in [3.63, 3.8) is 0 Å². The molecule has 0 radical (unpaired) electrons. The molecule has 0 bridgehead atoms. The number of hydrogen-bond donors (Lipinski definition) is 1. The normalized spacial score (nSPS) is 10.6. The van der Waals surface area contributed by atoms with Crippen molar-refractivity contribution in [1.82, 2.24) is 9.78 Å². The van der Waals surface area contributed by atoms with Gasteiger partial charge in [-0.25, -0.2) is 4.39 Å². The van der Waals surface area contributed by atoms with Crippen LogP contribution >= 0.6 is 0 Å². The Hall–Kier alpha value is -1.77. The molecule has 2 aromatic rings. The quantitative estimate of drug-likeness (QED) is 0.827. The van der Waals surface area contributed by atoms with E-state index in [0.717, 1.165) is 12.1 Å². The lowest BCUT2D eigenvalue weighted by atomic mass is 10.1. The van der Waals surface area contributed by atoms with E-state index in [9.17, 15) is 4.39 Å². The first-order valence-electron chi connectivity index (χ1n) is 5.82. The molecule has 0 spiro atoms. The molecule has 0 atom stereocenters. The molecular formula is C14H17FN2. The van der Waals surface area contributed by atoms with Crippen LogP contribution in [-0.4, -0.2) is 9.78 Å². The minimum Gasteiger partial charge on any atom is -0.296 e. The molecule has 1 N–H and O–H groups in total. The minimum atomic E-state index is -0.210. The Morgan fingerprint density at radius 3 is 2.47 bits per heavy atom. The SMILES string of the molecule is CCc1[nH]n(-c2ccc(F)cc2)c1C=C(C)C. The van der Waals surface area contributed by atoms with E-state index in [-0.39, 0.29) is 5.82 Å². The first kappa shape index (κ1) is 11.7. The number of aromatic amines is 1. The number of aromatic nitrogens is 2. The Balaban J connectivity index is 2.40. The molecule has 0 saturated heterocycles. The molecular weight excluding hydrogens is 215 g/mol. The summed E-state index contributed by atoms with van der Waals surface area (Å²) in [5.74, 6) is -0.210. The molecule has 0 aliphatic rings. The average Bonchev–Trinajstić information content (AvgIpc) is 2.28. The van der Waals surface area contributed by atoms with Crippen LogP contribution in [0.3, 0.4) is 0 Å². The Bertz CT molecular complexity index is 525. The molecule has 0 amide bonds. The number of hydrogen-bond acceptors (Lipinski definition) is 0. The lowest BCUT2D eigenvalue weighted by Crippen LogP contribution is -2.17. The molecule has 17 heavy (non-hydrogen) atoms. The van der Waals surface area contributed by atoms with Crippen LogP contribution < -0.4 is 0 Å². The zero-order valence-electron chi connectivity index (χ0n) is 10.4. The van der Waals surface area contributed by atoms with Crippen LogP contribution in [0.15, 0.2) is 29.8 Å². The summed E-state index contributed by atoms with van der Waals surface area (Å²) in [5.41, 5.74) is 4.59. The van der Waals surface area contributed by atoms with Gasteiger partial charge < -0.3 is 0 Å². The van der Waals surface area contributed by atoms with E-state index in [0.29, 0.717) is 0 Å². The maximum Gasteiger partial charge on any atom is 0.123 e. The van der Waals surface area contributed by atoms with E-state index in [1.54, 1.807) is 12.1 Å². The number of aryl methyl sites for hydroxylation is 1. The molecule has 90 valence electrons. The summed E-state index contributed by atoms with van der Waals surface area (Å²) in [6, 6.07) is 6.49. The van der Waals surface area contributed by atoms with Crippen molar-refractivity contribution in [2.45, 2.75) is 27.2 Å². The summed E-state index contributed by atoms with van der Waals surface area (Å²) in [6.45, 7) is 6.26. The van der Waals surface area contributed by atoms with Gasteiger partial charge in [-0.05, 0) is 50.6 Å². The van der Waals surface area contributed by atoms with Crippen molar-refractivity contribution in [1.29, 1.82) is 0 Å². The summed E-state index contributed by atoms with van der Waals surface area (Å²) >= 11 is 0. The molecule has 0 fully saturated rings. The molecule has 1 aromatic carbocycles. The Kier molecular flexibility index (Phi) is 3.18. The van der Waals surface area contributed by atoms with Gasteiger partial charge in [0.1, 0.15) is 5.82 Å². The van der Waals surface area contributed by atoms with Gasteiger partial charge in [0.25, 0.3) is 0 Å². The number of nitrogens with one attached hydrogen (secondary N) is 1. The molecule has 0 aliphatic heterocycles. The van der Waals surface area contributed by atoms with Gasteiger partial charge in [-0.2, -0.15) is 0 Å². The van der Waals surface area contributed by atoms with Crippen LogP contribution in [0.25, 0.3) is 11.8 Å². The second kappa shape index (κ2) is 4.62. The van der Waals surface area contributed by atoms with Gasteiger partial charge in [0.05, 0.1) is 17.1 Å². The van der Waals surface area contributed by atoms with Crippen molar-refractivity contribution in [2.24, 2.45) is 0 Å². The van der Waals surface area contributed by atoms with E-state index in [4.69, 9.17) is 0 Å². The van der Waals surface area contributed by atoms with Gasteiger partial charge in [-0.15, -0.1) is 0 Å². The monoisotopic (exact) mass is 232 g/mol. The molecule has 3 heteroatoms. The van der Waals surface area contributed by atoms with Gasteiger partial charge in [-0.3, -0.25) is 9.78 Å². The zero-order chi connectivity index (χ0) is 12.4. The van der Waals surface area contributed by atoms with E-state index < -0.39 is 0 Å². The van der Waals surface area contributed by atoms with Crippen LogP contribution in [0.5, 0.6) is 0 Å². The fourth-order valence-corrected chi connectivity index (χ4v) is 1.81. The predicted molar refractivity (Wildman–Crippen MR) is 68.8 cm³/mol. The average molecular weight is 232 g/mol. The highest BCUT2D eigenvalue weighted by Crippen LogP contribution is 2.20. The van der Waals surface area contributed by atoms with Gasteiger partial charge >= 0.3 is 0 Å². The first-order valence-corrected chi connectivity index (χ1v) is 5.82. The van der Waals surface area contributed by atoms with Crippen LogP contribution in [0, 0.1) is 5.82 Å². The van der Waals surface area contributed by atoms with E-state index in [1.807, 2.05) is 4.68 Å². The van der Waals surface area contributed by atoms with Crippen LogP contribution in [0.4, 0.5) is 4.39 Å². The van der Waals surface area contributed by atoms with Crippen LogP contribution in [0.1, 0.15) is 32.2 Å². The second-order valence-corrected chi connectivity index (χ2v) is 4.36. The maximum absolute atomic E-state index is 12.9. The third-order valence-corrected chi connectivity index (χ3v) is 2.66. The van der Waals surface area contributed by atoms with Crippen molar-refractivity contribution in [3.05, 3.63) is 47.0 Å². The van der Waals surface area contributed by atoms with Crippen molar-refractivity contribution in [2.75, 3.05) is 0 Å². The molecule has 0 aliphatic carbocycles. The summed E-state index contributed by atoms with van der Waals surface area (Å²) < 4.78 is 14.8. The topological polar surface area (TPSA) is 20.7 Å². The minimum absolute atomic E-state index is 0.210. The number of benzene rings is 1. The van der Waals surface area contributed by atoms with Gasteiger partial charge in [0.2, 0.25) is 0 Å². The molecule has 2 nitrogen and oxygen atoms in total. The number of halogens is 1. The third kappa shape index (κ3) is 2.33. The van der Waals surface area contributed by atoms with Gasteiger partial charge in [0.15, 0.2) is 0 Å². The second-order valence-electron chi connectivity index (χ2n) is 4.36. The third-order valence-electron chi connectivity index (χ3n) is 2.66. The zero-order valence-corrected chi connectivity index (χ0v) is 10.4. The molecule has 1 heterocycles. The highest BCUT2D eigenvalue weighted by molar-refractivity contribution is 5.55. The number of allylic oxidation sites excluding steroid dienone is 1. The summed E-state index contributed by atoms with van der Waals surface area (Å²) in [5, 5.41) is 3.27.